The Kier molecular flexibility index (Phi) is 4.68. The van der Waals surface area contributed by atoms with E-state index >= 15 is 0 Å². The summed E-state index contributed by atoms with van der Waals surface area (Å²) in [5.41, 5.74) is 1.79. The molecule has 0 aliphatic carbocycles. The Morgan fingerprint density at radius 2 is 1.91 bits per heavy atom. The number of carbonyl (C=O) groups is 2. The molecule has 0 spiro atoms. The molecule has 2 heterocycles. The number of morpholine rings is 1. The van der Waals surface area contributed by atoms with Crippen LogP contribution in [0.25, 0.3) is 0 Å². The first-order chi connectivity index (χ1) is 11.2. The third-order valence-corrected chi connectivity index (χ3v) is 3.62. The van der Waals surface area contributed by atoms with Gasteiger partial charge in [-0.05, 0) is 30.3 Å². The van der Waals surface area contributed by atoms with Crippen molar-refractivity contribution in [1.82, 2.24) is 10.2 Å². The number of ketones is 1. The Hall–Kier alpha value is -2.67. The van der Waals surface area contributed by atoms with E-state index in [2.05, 4.69) is 15.1 Å². The minimum Gasteiger partial charge on any atom is -0.453 e. The highest BCUT2D eigenvalue weighted by atomic mass is 16.5. The zero-order valence-corrected chi connectivity index (χ0v) is 12.5. The van der Waals surface area contributed by atoms with Gasteiger partial charge in [-0.15, -0.1) is 0 Å². The number of rotatable bonds is 5. The summed E-state index contributed by atoms with van der Waals surface area (Å²) >= 11 is 0. The number of hydrogen-bond donors (Lipinski definition) is 1. The number of ether oxygens (including phenoxy) is 2. The van der Waals surface area contributed by atoms with E-state index in [0.29, 0.717) is 18.8 Å². The van der Waals surface area contributed by atoms with Crippen molar-refractivity contribution in [3.05, 3.63) is 47.8 Å². The zero-order chi connectivity index (χ0) is 16.1. The van der Waals surface area contributed by atoms with Gasteiger partial charge in [-0.2, -0.15) is 5.10 Å². The molecule has 2 aromatic rings. The number of nitrogens with one attached hydrogen (secondary N) is 1. The zero-order valence-electron chi connectivity index (χ0n) is 12.5. The van der Waals surface area contributed by atoms with E-state index in [-0.39, 0.29) is 18.1 Å². The van der Waals surface area contributed by atoms with Crippen molar-refractivity contribution < 1.29 is 19.1 Å². The number of esters is 1. The second-order valence-electron chi connectivity index (χ2n) is 5.12. The molecule has 1 aromatic heterocycles. The quantitative estimate of drug-likeness (QED) is 0.661. The van der Waals surface area contributed by atoms with Crippen LogP contribution in [-0.2, 0) is 9.47 Å². The molecule has 1 N–H and O–H groups in total. The van der Waals surface area contributed by atoms with Crippen LogP contribution in [0.4, 0.5) is 5.69 Å². The van der Waals surface area contributed by atoms with Crippen LogP contribution >= 0.6 is 0 Å². The molecule has 0 radical (unpaired) electrons. The Morgan fingerprint density at radius 1 is 1.17 bits per heavy atom. The summed E-state index contributed by atoms with van der Waals surface area (Å²) in [6.45, 7) is 2.81. The Bertz CT molecular complexity index is 661. The predicted octanol–water partition coefficient (Wildman–Crippen LogP) is 1.29. The van der Waals surface area contributed by atoms with Gasteiger partial charge in [0.05, 0.1) is 13.2 Å². The van der Waals surface area contributed by atoms with Crippen molar-refractivity contribution >= 4 is 17.4 Å². The SMILES string of the molecule is O=C(COC(=O)c1ccn[nH]1)c1ccc(N2CCOCC2)cc1. The van der Waals surface area contributed by atoms with Crippen LogP contribution in [0.5, 0.6) is 0 Å². The maximum absolute atomic E-state index is 12.1. The molecule has 0 unspecified atom stereocenters. The monoisotopic (exact) mass is 315 g/mol. The summed E-state index contributed by atoms with van der Waals surface area (Å²) in [6.07, 6.45) is 1.45. The fourth-order valence-corrected chi connectivity index (χ4v) is 2.34. The molecule has 1 fully saturated rings. The number of hydrogen-bond acceptors (Lipinski definition) is 6. The van der Waals surface area contributed by atoms with Gasteiger partial charge >= 0.3 is 5.97 Å². The van der Waals surface area contributed by atoms with Crippen LogP contribution in [0, 0.1) is 0 Å². The molecule has 0 amide bonds. The van der Waals surface area contributed by atoms with Crippen LogP contribution in [0.15, 0.2) is 36.5 Å². The Balaban J connectivity index is 1.56. The number of Topliss-reactive ketones (excluding diaryl/α,β-unsaturated/α-hetero) is 1. The molecule has 120 valence electrons. The lowest BCUT2D eigenvalue weighted by atomic mass is 10.1. The lowest BCUT2D eigenvalue weighted by Gasteiger charge is -2.28. The van der Waals surface area contributed by atoms with E-state index < -0.39 is 5.97 Å². The molecular weight excluding hydrogens is 298 g/mol. The van der Waals surface area contributed by atoms with Gasteiger partial charge in [0.1, 0.15) is 5.69 Å². The van der Waals surface area contributed by atoms with Crippen molar-refractivity contribution in [1.29, 1.82) is 0 Å². The molecule has 1 saturated heterocycles. The average molecular weight is 315 g/mol. The van der Waals surface area contributed by atoms with Crippen molar-refractivity contribution in [2.45, 2.75) is 0 Å². The first-order valence-electron chi connectivity index (χ1n) is 7.36. The lowest BCUT2D eigenvalue weighted by molar-refractivity contribution is 0.0469. The summed E-state index contributed by atoms with van der Waals surface area (Å²) < 4.78 is 10.3. The van der Waals surface area contributed by atoms with E-state index in [1.54, 1.807) is 12.1 Å². The lowest BCUT2D eigenvalue weighted by Crippen LogP contribution is -2.36. The molecular formula is C16H17N3O4. The standard InChI is InChI=1S/C16H17N3O4/c20-15(11-23-16(21)14-5-6-17-18-14)12-1-3-13(4-2-12)19-7-9-22-10-8-19/h1-6H,7-11H2,(H,17,18). The van der Waals surface area contributed by atoms with Gasteiger partial charge in [-0.1, -0.05) is 0 Å². The summed E-state index contributed by atoms with van der Waals surface area (Å²) in [4.78, 5) is 25.9. The number of anilines is 1. The smallest absolute Gasteiger partial charge is 0.356 e. The normalized spacial score (nSPS) is 14.5. The van der Waals surface area contributed by atoms with Crippen LogP contribution < -0.4 is 4.90 Å². The number of nitrogens with zero attached hydrogens (tertiary/aromatic N) is 2. The molecule has 23 heavy (non-hydrogen) atoms. The second kappa shape index (κ2) is 7.06. The number of benzene rings is 1. The van der Waals surface area contributed by atoms with Crippen molar-refractivity contribution in [3.8, 4) is 0 Å². The van der Waals surface area contributed by atoms with Crippen LogP contribution in [0.2, 0.25) is 0 Å². The Labute approximate surface area is 133 Å². The van der Waals surface area contributed by atoms with Gasteiger partial charge < -0.3 is 14.4 Å². The maximum atomic E-state index is 12.1. The summed E-state index contributed by atoms with van der Waals surface area (Å²) in [7, 11) is 0. The third-order valence-electron chi connectivity index (χ3n) is 3.62. The first kappa shape index (κ1) is 15.2. The van der Waals surface area contributed by atoms with E-state index in [4.69, 9.17) is 9.47 Å². The minimum absolute atomic E-state index is 0.223. The van der Waals surface area contributed by atoms with Gasteiger partial charge in [-0.3, -0.25) is 9.89 Å². The topological polar surface area (TPSA) is 84.5 Å². The van der Waals surface area contributed by atoms with Crippen LogP contribution in [0.1, 0.15) is 20.8 Å². The van der Waals surface area contributed by atoms with Gasteiger partial charge in [0.2, 0.25) is 0 Å². The Morgan fingerprint density at radius 3 is 2.57 bits per heavy atom. The highest BCUT2D eigenvalue weighted by molar-refractivity contribution is 5.99. The molecule has 1 aliphatic heterocycles. The fourth-order valence-electron chi connectivity index (χ4n) is 2.34. The number of H-pyrrole nitrogens is 1. The maximum Gasteiger partial charge on any atom is 0.356 e. The summed E-state index contributed by atoms with van der Waals surface area (Å²) in [6, 6.07) is 8.78. The van der Waals surface area contributed by atoms with E-state index in [0.717, 1.165) is 18.8 Å². The van der Waals surface area contributed by atoms with Crippen molar-refractivity contribution in [3.63, 3.8) is 0 Å². The minimum atomic E-state index is -0.596. The molecule has 1 aromatic carbocycles. The molecule has 7 nitrogen and oxygen atoms in total. The molecule has 3 rings (SSSR count). The van der Waals surface area contributed by atoms with Gasteiger partial charge in [0.25, 0.3) is 0 Å². The molecule has 0 atom stereocenters. The second-order valence-corrected chi connectivity index (χ2v) is 5.12. The molecule has 0 saturated carbocycles. The van der Waals surface area contributed by atoms with E-state index in [1.807, 2.05) is 12.1 Å². The number of carbonyl (C=O) groups excluding carboxylic acids is 2. The van der Waals surface area contributed by atoms with E-state index in [9.17, 15) is 9.59 Å². The van der Waals surface area contributed by atoms with Gasteiger partial charge in [0.15, 0.2) is 12.4 Å². The molecule has 7 heteroatoms. The highest BCUT2D eigenvalue weighted by Gasteiger charge is 2.14. The van der Waals surface area contributed by atoms with E-state index in [1.165, 1.54) is 12.3 Å². The average Bonchev–Trinajstić information content (AvgIpc) is 3.15. The summed E-state index contributed by atoms with van der Waals surface area (Å²) in [5.74, 6) is -0.841. The summed E-state index contributed by atoms with van der Waals surface area (Å²) in [5, 5.41) is 6.15. The third kappa shape index (κ3) is 3.75. The first-order valence-corrected chi connectivity index (χ1v) is 7.36. The van der Waals surface area contributed by atoms with Crippen LogP contribution in [-0.4, -0.2) is 54.9 Å². The van der Waals surface area contributed by atoms with Crippen molar-refractivity contribution in [2.24, 2.45) is 0 Å². The van der Waals surface area contributed by atoms with Gasteiger partial charge in [-0.25, -0.2) is 4.79 Å². The predicted molar refractivity (Wildman–Crippen MR) is 82.7 cm³/mol. The van der Waals surface area contributed by atoms with Crippen LogP contribution in [0.3, 0.4) is 0 Å². The number of aromatic nitrogens is 2. The van der Waals surface area contributed by atoms with Gasteiger partial charge in [0, 0.05) is 30.5 Å². The molecule has 0 bridgehead atoms. The van der Waals surface area contributed by atoms with Crippen molar-refractivity contribution in [2.75, 3.05) is 37.8 Å². The number of aromatic amines is 1. The largest absolute Gasteiger partial charge is 0.453 e. The molecule has 1 aliphatic rings. The fraction of sp³-hybridized carbons (Fsp3) is 0.312. The highest BCUT2D eigenvalue weighted by Crippen LogP contribution is 2.17.